The highest BCUT2D eigenvalue weighted by atomic mass is 16.3. The van der Waals surface area contributed by atoms with Gasteiger partial charge in [-0.05, 0) is 80.2 Å². The van der Waals surface area contributed by atoms with Crippen LogP contribution in [0.4, 0.5) is 17.1 Å². The summed E-state index contributed by atoms with van der Waals surface area (Å²) in [6.45, 7) is 0. The lowest BCUT2D eigenvalue weighted by Gasteiger charge is -2.26. The Kier molecular flexibility index (Phi) is 6.14. The molecule has 0 radical (unpaired) electrons. The van der Waals surface area contributed by atoms with Crippen LogP contribution in [0.25, 0.3) is 65.9 Å². The van der Waals surface area contributed by atoms with Gasteiger partial charge in [0.2, 0.25) is 0 Å². The topological polar surface area (TPSA) is 29.3 Å². The number of hydrogen-bond donors (Lipinski definition) is 0. The van der Waals surface area contributed by atoms with Crippen molar-refractivity contribution in [3.63, 3.8) is 0 Å². The van der Waals surface area contributed by atoms with Crippen molar-refractivity contribution < 1.29 is 4.42 Å². The van der Waals surface area contributed by atoms with Crippen LogP contribution in [0, 0.1) is 0 Å². The van der Waals surface area contributed by atoms with E-state index in [1.54, 1.807) is 0 Å². The van der Waals surface area contributed by atoms with Crippen molar-refractivity contribution in [2.45, 2.75) is 0 Å². The van der Waals surface area contributed by atoms with E-state index in [4.69, 9.17) is 9.40 Å². The van der Waals surface area contributed by atoms with E-state index in [1.807, 2.05) is 6.20 Å². The molecule has 0 atom stereocenters. The van der Waals surface area contributed by atoms with E-state index in [2.05, 4.69) is 169 Å². The first-order valence-electron chi connectivity index (χ1n) is 15.5. The van der Waals surface area contributed by atoms with Gasteiger partial charge in [0.1, 0.15) is 11.1 Å². The van der Waals surface area contributed by atoms with Gasteiger partial charge in [-0.15, -0.1) is 0 Å². The Morgan fingerprint density at radius 2 is 1.04 bits per heavy atom. The molecule has 0 spiro atoms. The molecule has 0 aliphatic rings. The van der Waals surface area contributed by atoms with E-state index >= 15 is 0 Å². The second kappa shape index (κ2) is 10.8. The summed E-state index contributed by atoms with van der Waals surface area (Å²) in [7, 11) is 0. The summed E-state index contributed by atoms with van der Waals surface area (Å²) < 4.78 is 6.47. The molecule has 0 aliphatic carbocycles. The Morgan fingerprint density at radius 3 is 1.87 bits per heavy atom. The molecule has 0 amide bonds. The van der Waals surface area contributed by atoms with Gasteiger partial charge in [0.25, 0.3) is 0 Å². The molecule has 2 aromatic heterocycles. The van der Waals surface area contributed by atoms with Crippen molar-refractivity contribution in [2.24, 2.45) is 0 Å². The zero-order chi connectivity index (χ0) is 30.5. The molecule has 0 saturated heterocycles. The Bertz CT molecular complexity index is 2540. The number of anilines is 3. The summed E-state index contributed by atoms with van der Waals surface area (Å²) in [5.41, 5.74) is 10.2. The normalized spacial score (nSPS) is 11.5. The van der Waals surface area contributed by atoms with E-state index in [9.17, 15) is 0 Å². The van der Waals surface area contributed by atoms with Crippen molar-refractivity contribution in [3.8, 4) is 22.3 Å². The van der Waals surface area contributed by atoms with Gasteiger partial charge in [-0.25, -0.2) is 4.98 Å². The number of fused-ring (bicyclic) bond motifs is 5. The van der Waals surface area contributed by atoms with Crippen LogP contribution in [-0.2, 0) is 0 Å². The molecule has 0 N–H and O–H groups in total. The average Bonchev–Trinajstić information content (AvgIpc) is 3.47. The van der Waals surface area contributed by atoms with Gasteiger partial charge in [-0.2, -0.15) is 0 Å². The van der Waals surface area contributed by atoms with Gasteiger partial charge in [-0.3, -0.25) is 0 Å². The van der Waals surface area contributed by atoms with Crippen LogP contribution in [-0.4, -0.2) is 4.98 Å². The molecule has 3 heteroatoms. The van der Waals surface area contributed by atoms with Crippen LogP contribution in [0.2, 0.25) is 0 Å². The predicted molar refractivity (Wildman–Crippen MR) is 192 cm³/mol. The van der Waals surface area contributed by atoms with Crippen molar-refractivity contribution in [3.05, 3.63) is 170 Å². The maximum absolute atomic E-state index is 6.47. The van der Waals surface area contributed by atoms with Crippen LogP contribution in [0.15, 0.2) is 174 Å². The zero-order valence-electron chi connectivity index (χ0n) is 25.0. The van der Waals surface area contributed by atoms with Crippen molar-refractivity contribution in [1.29, 1.82) is 0 Å². The lowest BCUT2D eigenvalue weighted by molar-refractivity contribution is 0.668. The van der Waals surface area contributed by atoms with Gasteiger partial charge in [0.05, 0.1) is 11.9 Å². The second-order valence-electron chi connectivity index (χ2n) is 11.7. The van der Waals surface area contributed by atoms with E-state index < -0.39 is 0 Å². The fourth-order valence-electron chi connectivity index (χ4n) is 6.64. The largest absolute Gasteiger partial charge is 0.454 e. The molecule has 2 heterocycles. The third-order valence-corrected chi connectivity index (χ3v) is 8.84. The quantitative estimate of drug-likeness (QED) is 0.200. The molecule has 46 heavy (non-hydrogen) atoms. The van der Waals surface area contributed by atoms with E-state index in [1.165, 1.54) is 27.3 Å². The molecule has 0 saturated carbocycles. The summed E-state index contributed by atoms with van der Waals surface area (Å²) in [5.74, 6) is 0. The monoisotopic (exact) mass is 588 g/mol. The van der Waals surface area contributed by atoms with Crippen LogP contribution >= 0.6 is 0 Å². The number of furan rings is 1. The van der Waals surface area contributed by atoms with Gasteiger partial charge >= 0.3 is 0 Å². The first kappa shape index (κ1) is 26.2. The molecular weight excluding hydrogens is 560 g/mol. The predicted octanol–water partition coefficient (Wildman–Crippen LogP) is 12.1. The fraction of sp³-hybridized carbons (Fsp3) is 0. The Balaban J connectivity index is 1.24. The number of rotatable bonds is 5. The smallest absolute Gasteiger partial charge is 0.155 e. The molecule has 7 aromatic carbocycles. The SMILES string of the molecule is c1ccc(-c2cccc(N(c3cccc(-c4cccc5ccccc45)c3)c3cnc4c(c3)oc3cc5ccccc5cc34)c2)cc1. The summed E-state index contributed by atoms with van der Waals surface area (Å²) in [5, 5.41) is 5.81. The molecule has 0 fully saturated rings. The minimum atomic E-state index is 0.761. The second-order valence-corrected chi connectivity index (χ2v) is 11.7. The van der Waals surface area contributed by atoms with Crippen molar-refractivity contribution in [2.75, 3.05) is 4.90 Å². The molecule has 9 rings (SSSR count). The summed E-state index contributed by atoms with van der Waals surface area (Å²) in [6, 6.07) is 57.8. The first-order valence-corrected chi connectivity index (χ1v) is 15.5. The van der Waals surface area contributed by atoms with Gasteiger partial charge in [0.15, 0.2) is 5.58 Å². The zero-order valence-corrected chi connectivity index (χ0v) is 25.0. The van der Waals surface area contributed by atoms with Crippen LogP contribution in [0.5, 0.6) is 0 Å². The highest BCUT2D eigenvalue weighted by Crippen LogP contribution is 2.41. The van der Waals surface area contributed by atoms with E-state index in [0.717, 1.165) is 55.6 Å². The Labute approximate surface area is 266 Å². The maximum Gasteiger partial charge on any atom is 0.155 e. The number of aromatic nitrogens is 1. The van der Waals surface area contributed by atoms with Gasteiger partial charge in [0, 0.05) is 22.8 Å². The Hall–Kier alpha value is -6.19. The lowest BCUT2D eigenvalue weighted by Crippen LogP contribution is -2.10. The van der Waals surface area contributed by atoms with Crippen molar-refractivity contribution in [1.82, 2.24) is 4.98 Å². The Morgan fingerprint density at radius 1 is 0.413 bits per heavy atom. The number of hydrogen-bond acceptors (Lipinski definition) is 3. The molecular formula is C43H28N2O. The maximum atomic E-state index is 6.47. The lowest BCUT2D eigenvalue weighted by atomic mass is 9.97. The summed E-state index contributed by atoms with van der Waals surface area (Å²) >= 11 is 0. The molecule has 3 nitrogen and oxygen atoms in total. The minimum absolute atomic E-state index is 0.761. The molecule has 0 aliphatic heterocycles. The number of pyridine rings is 1. The van der Waals surface area contributed by atoms with E-state index in [0.29, 0.717) is 0 Å². The van der Waals surface area contributed by atoms with Crippen LogP contribution < -0.4 is 4.90 Å². The first-order chi connectivity index (χ1) is 22.8. The number of nitrogens with zero attached hydrogens (tertiary/aromatic N) is 2. The molecule has 0 unspecified atom stereocenters. The van der Waals surface area contributed by atoms with E-state index in [-0.39, 0.29) is 0 Å². The molecule has 0 bridgehead atoms. The number of benzene rings is 7. The highest BCUT2D eigenvalue weighted by molar-refractivity contribution is 6.09. The highest BCUT2D eigenvalue weighted by Gasteiger charge is 2.18. The third kappa shape index (κ3) is 4.49. The third-order valence-electron chi connectivity index (χ3n) is 8.84. The van der Waals surface area contributed by atoms with Gasteiger partial charge in [-0.1, -0.05) is 121 Å². The summed E-state index contributed by atoms with van der Waals surface area (Å²) in [6.07, 6.45) is 1.96. The molecule has 216 valence electrons. The van der Waals surface area contributed by atoms with Gasteiger partial charge < -0.3 is 9.32 Å². The van der Waals surface area contributed by atoms with Crippen LogP contribution in [0.1, 0.15) is 0 Å². The standard InChI is InChI=1S/C43H28N2O/c1-2-11-29(12-3-1)31-17-8-19-35(23-31)45(36-20-9-18-34(24-36)39-22-10-16-30-13-6-7-21-38(30)39)37-27-42-43(44-28-37)40-25-32-14-4-5-15-33(32)26-41(40)46-42/h1-28H. The minimum Gasteiger partial charge on any atom is -0.454 e. The van der Waals surface area contributed by atoms with Crippen LogP contribution in [0.3, 0.4) is 0 Å². The average molecular weight is 589 g/mol. The fourth-order valence-corrected chi connectivity index (χ4v) is 6.64. The summed E-state index contributed by atoms with van der Waals surface area (Å²) in [4.78, 5) is 7.29. The van der Waals surface area contributed by atoms with Crippen molar-refractivity contribution >= 4 is 60.7 Å². The molecule has 9 aromatic rings.